The van der Waals surface area contributed by atoms with Crippen molar-refractivity contribution in [2.75, 3.05) is 26.3 Å². The quantitative estimate of drug-likeness (QED) is 0.381. The van der Waals surface area contributed by atoms with Crippen LogP contribution < -0.4 is 4.74 Å². The van der Waals surface area contributed by atoms with E-state index < -0.39 is 0 Å². The SMILES string of the molecule is S=C(Oc1c(Cl)c(Cl)c(Cl)c(Cl)c1Cl)N1CCOCC1. The fourth-order valence-electron chi connectivity index (χ4n) is 1.57. The lowest BCUT2D eigenvalue weighted by Crippen LogP contribution is -2.42. The molecule has 110 valence electrons. The van der Waals surface area contributed by atoms with Gasteiger partial charge in [-0.1, -0.05) is 58.0 Å². The van der Waals surface area contributed by atoms with E-state index in [1.807, 2.05) is 4.90 Å². The van der Waals surface area contributed by atoms with E-state index in [-0.39, 0.29) is 36.0 Å². The van der Waals surface area contributed by atoms with Gasteiger partial charge in [0.05, 0.1) is 28.3 Å². The van der Waals surface area contributed by atoms with Crippen LogP contribution in [0.3, 0.4) is 0 Å². The van der Waals surface area contributed by atoms with Gasteiger partial charge in [-0.15, -0.1) is 0 Å². The van der Waals surface area contributed by atoms with Gasteiger partial charge >= 0.3 is 0 Å². The molecule has 0 aromatic heterocycles. The number of thiocarbonyl (C=S) groups is 1. The van der Waals surface area contributed by atoms with Crippen LogP contribution in [0.4, 0.5) is 0 Å². The standard InChI is InChI=1S/C11H8Cl5NO2S/c12-5-6(13)8(15)10(9(16)7(5)14)19-11(20)17-1-3-18-4-2-17/h1-4H2. The van der Waals surface area contributed by atoms with Crippen molar-refractivity contribution in [1.29, 1.82) is 0 Å². The lowest BCUT2D eigenvalue weighted by molar-refractivity contribution is 0.0631. The zero-order chi connectivity index (χ0) is 14.9. The third-order valence-electron chi connectivity index (χ3n) is 2.63. The normalized spacial score (nSPS) is 15.3. The summed E-state index contributed by atoms with van der Waals surface area (Å²) in [5.41, 5.74) is 0. The largest absolute Gasteiger partial charge is 0.428 e. The van der Waals surface area contributed by atoms with E-state index in [4.69, 9.17) is 79.7 Å². The molecule has 0 atom stereocenters. The molecule has 0 unspecified atom stereocenters. The minimum absolute atomic E-state index is 0.0710. The molecule has 0 radical (unpaired) electrons. The van der Waals surface area contributed by atoms with Gasteiger partial charge in [0.1, 0.15) is 10.0 Å². The maximum absolute atomic E-state index is 6.07. The highest BCUT2D eigenvalue weighted by Gasteiger charge is 2.23. The Kier molecular flexibility index (Phi) is 5.88. The first-order valence-corrected chi connectivity index (χ1v) is 7.79. The van der Waals surface area contributed by atoms with Gasteiger partial charge in [-0.3, -0.25) is 0 Å². The number of hydrogen-bond donors (Lipinski definition) is 0. The molecular weight excluding hydrogens is 387 g/mol. The van der Waals surface area contributed by atoms with Crippen LogP contribution in [0.1, 0.15) is 0 Å². The molecule has 0 bridgehead atoms. The van der Waals surface area contributed by atoms with E-state index in [2.05, 4.69) is 0 Å². The van der Waals surface area contributed by atoms with Crippen LogP contribution in [0.25, 0.3) is 0 Å². The predicted molar refractivity (Wildman–Crippen MR) is 87.1 cm³/mol. The molecule has 1 aliphatic rings. The van der Waals surface area contributed by atoms with E-state index in [0.29, 0.717) is 26.3 Å². The molecule has 0 N–H and O–H groups in total. The van der Waals surface area contributed by atoms with Crippen molar-refractivity contribution < 1.29 is 9.47 Å². The van der Waals surface area contributed by atoms with Crippen molar-refractivity contribution >= 4 is 75.4 Å². The first-order valence-electron chi connectivity index (χ1n) is 5.49. The van der Waals surface area contributed by atoms with Crippen LogP contribution in [-0.2, 0) is 4.74 Å². The molecule has 1 heterocycles. The first kappa shape index (κ1) is 16.7. The number of hydrogen-bond acceptors (Lipinski definition) is 3. The smallest absolute Gasteiger partial charge is 0.265 e. The Morgan fingerprint density at radius 1 is 0.900 bits per heavy atom. The summed E-state index contributed by atoms with van der Waals surface area (Å²) in [7, 11) is 0. The molecule has 1 aromatic carbocycles. The number of ether oxygens (including phenoxy) is 2. The van der Waals surface area contributed by atoms with Crippen molar-refractivity contribution in [3.05, 3.63) is 25.1 Å². The Morgan fingerprint density at radius 3 is 1.85 bits per heavy atom. The molecule has 9 heteroatoms. The summed E-state index contributed by atoms with van der Waals surface area (Å²) in [5.74, 6) is 0.101. The van der Waals surface area contributed by atoms with Gasteiger partial charge in [-0.2, -0.15) is 0 Å². The van der Waals surface area contributed by atoms with Crippen molar-refractivity contribution in [2.24, 2.45) is 0 Å². The average molecular weight is 396 g/mol. The maximum atomic E-state index is 6.07. The lowest BCUT2D eigenvalue weighted by Gasteiger charge is -2.28. The summed E-state index contributed by atoms with van der Waals surface area (Å²) in [6, 6.07) is 0. The third-order valence-corrected chi connectivity index (χ3v) is 5.21. The Morgan fingerprint density at radius 2 is 1.35 bits per heavy atom. The molecule has 1 aliphatic heterocycles. The molecule has 0 spiro atoms. The summed E-state index contributed by atoms with van der Waals surface area (Å²) < 4.78 is 10.8. The van der Waals surface area contributed by atoms with Crippen molar-refractivity contribution in [1.82, 2.24) is 4.90 Å². The highest BCUT2D eigenvalue weighted by atomic mass is 35.5. The second kappa shape index (κ2) is 7.05. The van der Waals surface area contributed by atoms with Crippen LogP contribution >= 0.6 is 70.2 Å². The number of nitrogens with zero attached hydrogens (tertiary/aromatic N) is 1. The molecule has 1 saturated heterocycles. The second-order valence-electron chi connectivity index (χ2n) is 3.87. The molecular formula is C11H8Cl5NO2S. The number of halogens is 5. The van der Waals surface area contributed by atoms with E-state index in [1.54, 1.807) is 0 Å². The molecule has 0 saturated carbocycles. The van der Waals surface area contributed by atoms with Crippen molar-refractivity contribution in [3.8, 4) is 5.75 Å². The van der Waals surface area contributed by atoms with Crippen molar-refractivity contribution in [2.45, 2.75) is 0 Å². The minimum atomic E-state index is 0.0710. The molecule has 0 amide bonds. The third kappa shape index (κ3) is 3.38. The Labute approximate surface area is 146 Å². The Balaban J connectivity index is 2.27. The van der Waals surface area contributed by atoms with Crippen molar-refractivity contribution in [3.63, 3.8) is 0 Å². The van der Waals surface area contributed by atoms with Gasteiger partial charge in [0, 0.05) is 13.1 Å². The monoisotopic (exact) mass is 393 g/mol. The second-order valence-corrected chi connectivity index (χ2v) is 6.11. The highest BCUT2D eigenvalue weighted by Crippen LogP contribution is 2.48. The van der Waals surface area contributed by atoms with Crippen LogP contribution in [0.5, 0.6) is 5.75 Å². The number of benzene rings is 1. The Hall–Kier alpha value is 0.320. The summed E-state index contributed by atoms with van der Waals surface area (Å²) in [4.78, 5) is 1.84. The summed E-state index contributed by atoms with van der Waals surface area (Å²) in [6.45, 7) is 2.41. The lowest BCUT2D eigenvalue weighted by atomic mass is 10.3. The van der Waals surface area contributed by atoms with E-state index in [1.165, 1.54) is 0 Å². The van der Waals surface area contributed by atoms with E-state index >= 15 is 0 Å². The molecule has 3 nitrogen and oxygen atoms in total. The highest BCUT2D eigenvalue weighted by molar-refractivity contribution is 7.80. The van der Waals surface area contributed by atoms with E-state index in [0.717, 1.165) is 0 Å². The molecule has 0 aliphatic carbocycles. The summed E-state index contributed by atoms with van der Waals surface area (Å²) in [6.07, 6.45) is 0. The van der Waals surface area contributed by atoms with Gasteiger partial charge in [-0.05, 0) is 12.2 Å². The predicted octanol–water partition coefficient (Wildman–Crippen LogP) is 4.95. The molecule has 1 aromatic rings. The molecule has 2 rings (SSSR count). The summed E-state index contributed by atoms with van der Waals surface area (Å²) >= 11 is 35.2. The first-order chi connectivity index (χ1) is 9.43. The topological polar surface area (TPSA) is 21.7 Å². The zero-order valence-corrected chi connectivity index (χ0v) is 14.5. The van der Waals surface area contributed by atoms with Gasteiger partial charge in [0.2, 0.25) is 0 Å². The fraction of sp³-hybridized carbons (Fsp3) is 0.364. The van der Waals surface area contributed by atoms with Gasteiger partial charge in [0.25, 0.3) is 5.17 Å². The van der Waals surface area contributed by atoms with Gasteiger partial charge < -0.3 is 14.4 Å². The Bertz CT molecular complexity index is 519. The van der Waals surface area contributed by atoms with Crippen LogP contribution in [0, 0.1) is 0 Å². The maximum Gasteiger partial charge on any atom is 0.265 e. The fourth-order valence-corrected chi connectivity index (χ4v) is 3.04. The molecule has 1 fully saturated rings. The van der Waals surface area contributed by atoms with Crippen LogP contribution in [-0.4, -0.2) is 36.4 Å². The summed E-state index contributed by atoms with van der Waals surface area (Å²) in [5, 5.41) is 0.591. The van der Waals surface area contributed by atoms with Crippen LogP contribution in [0.15, 0.2) is 0 Å². The zero-order valence-electron chi connectivity index (χ0n) is 9.89. The van der Waals surface area contributed by atoms with Crippen LogP contribution in [0.2, 0.25) is 25.1 Å². The minimum Gasteiger partial charge on any atom is -0.428 e. The number of rotatable bonds is 1. The average Bonchev–Trinajstić information content (AvgIpc) is 2.48. The van der Waals surface area contributed by atoms with Gasteiger partial charge in [0.15, 0.2) is 5.75 Å². The number of morpholine rings is 1. The van der Waals surface area contributed by atoms with Gasteiger partial charge in [-0.25, -0.2) is 0 Å². The molecule has 20 heavy (non-hydrogen) atoms. The van der Waals surface area contributed by atoms with E-state index in [9.17, 15) is 0 Å².